The Kier molecular flexibility index (Phi) is 11.6. The predicted octanol–water partition coefficient (Wildman–Crippen LogP) is 4.46. The highest BCUT2D eigenvalue weighted by molar-refractivity contribution is 5.99. The van der Waals surface area contributed by atoms with Crippen molar-refractivity contribution in [3.8, 4) is 0 Å². The quantitative estimate of drug-likeness (QED) is 0.123. The second-order valence-corrected chi connectivity index (χ2v) is 13.7. The SMILES string of the molecule is CC(C)(C)NC(=O)N(Cc1ccc2ccccc2c1)CC(O)[C@H](Cc1ccccc1)NC(=O)C(CC(N)=O)NC(=O)c1ccc2ccccc2n1. The van der Waals surface area contributed by atoms with E-state index in [4.69, 9.17) is 5.73 Å². The molecule has 0 fully saturated rings. The molecule has 5 aromatic rings. The Balaban J connectivity index is 1.39. The summed E-state index contributed by atoms with van der Waals surface area (Å²) in [6, 6.07) is 31.0. The van der Waals surface area contributed by atoms with Crippen molar-refractivity contribution in [2.24, 2.45) is 5.73 Å². The van der Waals surface area contributed by atoms with Crippen LogP contribution in [0.2, 0.25) is 0 Å². The first-order valence-electron chi connectivity index (χ1n) is 16.9. The van der Waals surface area contributed by atoms with Crippen LogP contribution in [0.1, 0.15) is 48.8 Å². The predicted molar refractivity (Wildman–Crippen MR) is 198 cm³/mol. The summed E-state index contributed by atoms with van der Waals surface area (Å²) in [7, 11) is 0. The van der Waals surface area contributed by atoms with E-state index >= 15 is 0 Å². The van der Waals surface area contributed by atoms with Gasteiger partial charge in [-0.05, 0) is 67.3 Å². The van der Waals surface area contributed by atoms with Crippen LogP contribution in [-0.4, -0.2) is 69.0 Å². The van der Waals surface area contributed by atoms with Gasteiger partial charge in [0.1, 0.15) is 11.7 Å². The van der Waals surface area contributed by atoms with E-state index < -0.39 is 47.9 Å². The van der Waals surface area contributed by atoms with Gasteiger partial charge in [-0.15, -0.1) is 0 Å². The molecular formula is C40H44N6O5. The van der Waals surface area contributed by atoms with E-state index in [9.17, 15) is 24.3 Å². The van der Waals surface area contributed by atoms with Crippen LogP contribution in [0.15, 0.2) is 109 Å². The van der Waals surface area contributed by atoms with Gasteiger partial charge >= 0.3 is 6.03 Å². The number of para-hydroxylation sites is 1. The van der Waals surface area contributed by atoms with Gasteiger partial charge in [-0.2, -0.15) is 0 Å². The van der Waals surface area contributed by atoms with E-state index in [-0.39, 0.29) is 31.2 Å². The molecule has 264 valence electrons. The van der Waals surface area contributed by atoms with Crippen LogP contribution in [0.4, 0.5) is 4.79 Å². The molecule has 5 rings (SSSR count). The standard InChI is InChI=1S/C40H44N6O5/c1-40(2,3)45-39(51)46(24-27-17-18-28-13-7-8-15-30(28)21-27)25-35(47)33(22-26-11-5-4-6-12-26)43-38(50)34(23-36(41)48)44-37(49)32-20-19-29-14-9-10-16-31(29)42-32/h4-21,33-35,47H,22-25H2,1-3H3,(H2,41,48)(H,43,50)(H,44,49)(H,45,51)/t33-,34?,35?/m0/s1. The molecule has 11 nitrogen and oxygen atoms in total. The number of primary amides is 1. The maximum atomic E-state index is 13.8. The minimum atomic E-state index is -1.35. The molecule has 11 heteroatoms. The minimum absolute atomic E-state index is 0.0611. The number of aliphatic hydroxyl groups excluding tert-OH is 1. The average Bonchev–Trinajstić information content (AvgIpc) is 3.10. The Morgan fingerprint density at radius 1 is 0.784 bits per heavy atom. The first-order valence-corrected chi connectivity index (χ1v) is 16.9. The zero-order valence-electron chi connectivity index (χ0n) is 29.0. The summed E-state index contributed by atoms with van der Waals surface area (Å²) in [5.41, 5.74) is 7.28. The molecule has 2 unspecified atom stereocenters. The molecule has 5 amide bonds. The van der Waals surface area contributed by atoms with Crippen molar-refractivity contribution in [1.29, 1.82) is 0 Å². The lowest BCUT2D eigenvalue weighted by atomic mass is 9.99. The van der Waals surface area contributed by atoms with Crippen molar-refractivity contribution in [1.82, 2.24) is 25.8 Å². The number of amides is 5. The summed E-state index contributed by atoms with van der Waals surface area (Å²) in [4.78, 5) is 58.7. The number of carbonyl (C=O) groups excluding carboxylic acids is 4. The van der Waals surface area contributed by atoms with Gasteiger partial charge < -0.3 is 31.7 Å². The fourth-order valence-electron chi connectivity index (χ4n) is 5.80. The first-order chi connectivity index (χ1) is 24.3. The highest BCUT2D eigenvalue weighted by Gasteiger charge is 2.31. The van der Waals surface area contributed by atoms with Gasteiger partial charge in [-0.3, -0.25) is 14.4 Å². The van der Waals surface area contributed by atoms with Gasteiger partial charge in [-0.25, -0.2) is 9.78 Å². The van der Waals surface area contributed by atoms with E-state index in [1.54, 1.807) is 18.2 Å². The molecule has 0 bridgehead atoms. The second kappa shape index (κ2) is 16.3. The minimum Gasteiger partial charge on any atom is -0.389 e. The third kappa shape index (κ3) is 10.3. The fraction of sp³-hybridized carbons (Fsp3) is 0.275. The fourth-order valence-corrected chi connectivity index (χ4v) is 5.80. The number of hydrogen-bond acceptors (Lipinski definition) is 6. The van der Waals surface area contributed by atoms with E-state index in [0.717, 1.165) is 27.3 Å². The molecule has 3 atom stereocenters. The monoisotopic (exact) mass is 688 g/mol. The van der Waals surface area contributed by atoms with Crippen molar-refractivity contribution in [3.05, 3.63) is 126 Å². The van der Waals surface area contributed by atoms with Crippen LogP contribution in [0.5, 0.6) is 0 Å². The Bertz CT molecular complexity index is 2010. The number of hydrogen-bond donors (Lipinski definition) is 5. The Labute approximate surface area is 297 Å². The number of aliphatic hydroxyl groups is 1. The van der Waals surface area contributed by atoms with Crippen LogP contribution in [0.3, 0.4) is 0 Å². The van der Waals surface area contributed by atoms with Gasteiger partial charge in [0.2, 0.25) is 11.8 Å². The molecular weight excluding hydrogens is 644 g/mol. The number of benzene rings is 4. The van der Waals surface area contributed by atoms with Crippen LogP contribution in [0.25, 0.3) is 21.7 Å². The van der Waals surface area contributed by atoms with Crippen LogP contribution in [-0.2, 0) is 22.6 Å². The molecule has 51 heavy (non-hydrogen) atoms. The van der Waals surface area contributed by atoms with Gasteiger partial charge in [0.05, 0.1) is 30.6 Å². The lowest BCUT2D eigenvalue weighted by Crippen LogP contribution is -2.57. The highest BCUT2D eigenvalue weighted by atomic mass is 16.3. The van der Waals surface area contributed by atoms with Crippen molar-refractivity contribution in [2.75, 3.05) is 6.54 Å². The van der Waals surface area contributed by atoms with E-state index in [2.05, 4.69) is 20.9 Å². The molecule has 0 aliphatic carbocycles. The summed E-state index contributed by atoms with van der Waals surface area (Å²) in [6.07, 6.45) is -1.55. The number of carbonyl (C=O) groups is 4. The maximum Gasteiger partial charge on any atom is 0.318 e. The number of pyridine rings is 1. The van der Waals surface area contributed by atoms with E-state index in [1.807, 2.05) is 106 Å². The molecule has 0 saturated heterocycles. The molecule has 1 aromatic heterocycles. The molecule has 4 aromatic carbocycles. The Morgan fingerprint density at radius 2 is 1.43 bits per heavy atom. The van der Waals surface area contributed by atoms with Crippen molar-refractivity contribution in [2.45, 2.75) is 63.9 Å². The van der Waals surface area contributed by atoms with Gasteiger partial charge in [0.15, 0.2) is 0 Å². The highest BCUT2D eigenvalue weighted by Crippen LogP contribution is 2.19. The zero-order valence-corrected chi connectivity index (χ0v) is 29.0. The average molecular weight is 689 g/mol. The largest absolute Gasteiger partial charge is 0.389 e. The number of rotatable bonds is 13. The van der Waals surface area contributed by atoms with Crippen molar-refractivity contribution >= 4 is 45.4 Å². The molecule has 0 radical (unpaired) electrons. The second-order valence-electron chi connectivity index (χ2n) is 13.7. The summed E-state index contributed by atoms with van der Waals surface area (Å²) in [5.74, 6) is -2.19. The third-order valence-electron chi connectivity index (χ3n) is 8.31. The summed E-state index contributed by atoms with van der Waals surface area (Å²) < 4.78 is 0. The van der Waals surface area contributed by atoms with Crippen LogP contribution in [0, 0.1) is 0 Å². The maximum absolute atomic E-state index is 13.8. The van der Waals surface area contributed by atoms with Gasteiger partial charge in [0.25, 0.3) is 5.91 Å². The van der Waals surface area contributed by atoms with Gasteiger partial charge in [0, 0.05) is 17.5 Å². The van der Waals surface area contributed by atoms with E-state index in [1.165, 1.54) is 11.0 Å². The Morgan fingerprint density at radius 3 is 2.14 bits per heavy atom. The third-order valence-corrected chi connectivity index (χ3v) is 8.31. The summed E-state index contributed by atoms with van der Waals surface area (Å²) in [6.45, 7) is 5.66. The van der Waals surface area contributed by atoms with E-state index in [0.29, 0.717) is 5.52 Å². The number of nitrogens with zero attached hydrogens (tertiary/aromatic N) is 2. The van der Waals surface area contributed by atoms with Gasteiger partial charge in [-0.1, -0.05) is 91.0 Å². The molecule has 0 saturated carbocycles. The Hall–Kier alpha value is -5.81. The number of aromatic nitrogens is 1. The lowest BCUT2D eigenvalue weighted by Gasteiger charge is -2.33. The summed E-state index contributed by atoms with van der Waals surface area (Å²) in [5, 5.41) is 23.1. The number of nitrogens with one attached hydrogen (secondary N) is 3. The number of nitrogens with two attached hydrogens (primary N) is 1. The lowest BCUT2D eigenvalue weighted by molar-refractivity contribution is -0.128. The zero-order chi connectivity index (χ0) is 36.5. The first kappa shape index (κ1) is 36.5. The molecule has 0 spiro atoms. The smallest absolute Gasteiger partial charge is 0.318 e. The van der Waals surface area contributed by atoms with Crippen molar-refractivity contribution < 1.29 is 24.3 Å². The molecule has 0 aliphatic heterocycles. The normalized spacial score (nSPS) is 13.2. The molecule has 1 heterocycles. The molecule has 6 N–H and O–H groups in total. The summed E-state index contributed by atoms with van der Waals surface area (Å²) >= 11 is 0. The molecule has 0 aliphatic rings. The number of fused-ring (bicyclic) bond motifs is 2. The van der Waals surface area contributed by atoms with Crippen molar-refractivity contribution in [3.63, 3.8) is 0 Å². The van der Waals surface area contributed by atoms with Crippen LogP contribution >= 0.6 is 0 Å². The number of urea groups is 1. The van der Waals surface area contributed by atoms with Crippen LogP contribution < -0.4 is 21.7 Å². The topological polar surface area (TPSA) is 167 Å².